The van der Waals surface area contributed by atoms with E-state index in [0.717, 1.165) is 38.4 Å². The quantitative estimate of drug-likeness (QED) is 0.588. The number of fused-ring (bicyclic) bond motifs is 1. The summed E-state index contributed by atoms with van der Waals surface area (Å²) >= 11 is 0. The van der Waals surface area contributed by atoms with Gasteiger partial charge in [-0.1, -0.05) is 29.4 Å². The molecule has 1 saturated heterocycles. The molecule has 1 aromatic carbocycles. The Labute approximate surface area is 100 Å². The Morgan fingerprint density at radius 2 is 2.00 bits per heavy atom. The Morgan fingerprint density at radius 1 is 1.24 bits per heavy atom. The van der Waals surface area contributed by atoms with Crippen molar-refractivity contribution in [1.82, 2.24) is 4.90 Å². The molecule has 0 radical (unpaired) electrons. The lowest BCUT2D eigenvalue weighted by atomic mass is 10.1. The van der Waals surface area contributed by atoms with Gasteiger partial charge in [-0.2, -0.15) is 0 Å². The van der Waals surface area contributed by atoms with Crippen LogP contribution in [0.25, 0.3) is 0 Å². The number of benzene rings is 1. The largest absolute Gasteiger partial charge is 0.411 e. The molecule has 4 heteroatoms. The van der Waals surface area contributed by atoms with Crippen LogP contribution in [0.2, 0.25) is 0 Å². The smallest absolute Gasteiger partial charge is 0.0831 e. The molecule has 1 aliphatic heterocycles. The van der Waals surface area contributed by atoms with Gasteiger partial charge in [0.25, 0.3) is 0 Å². The summed E-state index contributed by atoms with van der Waals surface area (Å²) in [6, 6.07) is 8.47. The monoisotopic (exact) mass is 232 g/mol. The van der Waals surface area contributed by atoms with Crippen molar-refractivity contribution in [3.63, 3.8) is 0 Å². The summed E-state index contributed by atoms with van der Waals surface area (Å²) in [4.78, 5) is 2.34. The van der Waals surface area contributed by atoms with Crippen molar-refractivity contribution in [1.29, 1.82) is 0 Å². The first-order valence-corrected chi connectivity index (χ1v) is 6.00. The van der Waals surface area contributed by atoms with E-state index in [9.17, 15) is 0 Å². The zero-order valence-electron chi connectivity index (χ0n) is 9.67. The molecule has 3 rings (SSSR count). The van der Waals surface area contributed by atoms with Crippen LogP contribution in [-0.2, 0) is 11.2 Å². The molecular weight excluding hydrogens is 216 g/mol. The minimum atomic E-state index is 0.139. The number of oxime groups is 1. The van der Waals surface area contributed by atoms with Crippen molar-refractivity contribution < 1.29 is 9.94 Å². The molecule has 0 saturated carbocycles. The third-order valence-electron chi connectivity index (χ3n) is 3.58. The molecule has 1 unspecified atom stereocenters. The molecule has 1 fully saturated rings. The molecule has 1 heterocycles. The van der Waals surface area contributed by atoms with Crippen LogP contribution in [0.4, 0.5) is 0 Å². The standard InChI is InChI=1S/C13H16N2O2/c16-14-12-9-10-3-1-2-4-11(10)13(12)15-5-7-17-8-6-15/h1-4,13,16H,5-9H2/b14-12+. The van der Waals surface area contributed by atoms with Crippen LogP contribution >= 0.6 is 0 Å². The Morgan fingerprint density at radius 3 is 2.76 bits per heavy atom. The van der Waals surface area contributed by atoms with Crippen molar-refractivity contribution in [2.75, 3.05) is 26.3 Å². The summed E-state index contributed by atoms with van der Waals surface area (Å²) in [7, 11) is 0. The first-order valence-electron chi connectivity index (χ1n) is 6.00. The lowest BCUT2D eigenvalue weighted by molar-refractivity contribution is 0.0286. The molecule has 1 aromatic rings. The molecule has 4 nitrogen and oxygen atoms in total. The van der Waals surface area contributed by atoms with Gasteiger partial charge in [-0.3, -0.25) is 4.90 Å². The van der Waals surface area contributed by atoms with E-state index in [4.69, 9.17) is 9.94 Å². The maximum Gasteiger partial charge on any atom is 0.0831 e. The van der Waals surface area contributed by atoms with Crippen LogP contribution in [0.3, 0.4) is 0 Å². The highest BCUT2D eigenvalue weighted by molar-refractivity contribution is 5.96. The second-order valence-electron chi connectivity index (χ2n) is 4.52. The zero-order valence-corrected chi connectivity index (χ0v) is 9.67. The summed E-state index contributed by atoms with van der Waals surface area (Å²) in [5, 5.41) is 12.7. The molecule has 2 aliphatic rings. The summed E-state index contributed by atoms with van der Waals surface area (Å²) < 4.78 is 5.37. The first-order chi connectivity index (χ1) is 8.40. The Hall–Kier alpha value is -1.39. The number of hydrogen-bond donors (Lipinski definition) is 1. The minimum Gasteiger partial charge on any atom is -0.411 e. The van der Waals surface area contributed by atoms with Gasteiger partial charge in [0.15, 0.2) is 0 Å². The Bertz CT molecular complexity index is 439. The first kappa shape index (κ1) is 10.7. The van der Waals surface area contributed by atoms with Gasteiger partial charge in [0.05, 0.1) is 25.0 Å². The van der Waals surface area contributed by atoms with E-state index in [1.165, 1.54) is 11.1 Å². The van der Waals surface area contributed by atoms with Crippen LogP contribution in [0.5, 0.6) is 0 Å². The van der Waals surface area contributed by atoms with Gasteiger partial charge in [0.2, 0.25) is 0 Å². The molecule has 17 heavy (non-hydrogen) atoms. The average molecular weight is 232 g/mol. The second-order valence-corrected chi connectivity index (χ2v) is 4.52. The van der Waals surface area contributed by atoms with Crippen molar-refractivity contribution in [2.45, 2.75) is 12.5 Å². The molecule has 0 amide bonds. The van der Waals surface area contributed by atoms with Gasteiger partial charge in [0.1, 0.15) is 0 Å². The fourth-order valence-corrected chi connectivity index (χ4v) is 2.77. The number of hydrogen-bond acceptors (Lipinski definition) is 4. The average Bonchev–Trinajstić information content (AvgIpc) is 2.78. The predicted molar refractivity (Wildman–Crippen MR) is 64.5 cm³/mol. The minimum absolute atomic E-state index is 0.139. The molecule has 1 N–H and O–H groups in total. The lowest BCUT2D eigenvalue weighted by Gasteiger charge is -2.32. The summed E-state index contributed by atoms with van der Waals surface area (Å²) in [6.07, 6.45) is 0.759. The van der Waals surface area contributed by atoms with Crippen LogP contribution in [0.15, 0.2) is 29.4 Å². The van der Waals surface area contributed by atoms with Crippen molar-refractivity contribution in [2.24, 2.45) is 5.16 Å². The van der Waals surface area contributed by atoms with E-state index in [-0.39, 0.29) is 6.04 Å². The Kier molecular flexibility index (Phi) is 2.82. The third kappa shape index (κ3) is 1.83. The normalized spacial score (nSPS) is 27.3. The molecule has 1 aliphatic carbocycles. The van der Waals surface area contributed by atoms with E-state index < -0.39 is 0 Å². The lowest BCUT2D eigenvalue weighted by Crippen LogP contribution is -2.40. The number of rotatable bonds is 1. The van der Waals surface area contributed by atoms with Crippen LogP contribution in [0, 0.1) is 0 Å². The van der Waals surface area contributed by atoms with Gasteiger partial charge in [0, 0.05) is 19.5 Å². The second kappa shape index (κ2) is 4.47. The van der Waals surface area contributed by atoms with Gasteiger partial charge >= 0.3 is 0 Å². The van der Waals surface area contributed by atoms with E-state index >= 15 is 0 Å². The van der Waals surface area contributed by atoms with Gasteiger partial charge in [-0.05, 0) is 11.1 Å². The SMILES string of the molecule is O/N=C1\Cc2ccccc2C1N1CCOCC1. The molecular formula is C13H16N2O2. The van der Waals surface area contributed by atoms with Crippen LogP contribution in [-0.4, -0.2) is 42.1 Å². The molecule has 0 spiro atoms. The fourth-order valence-electron chi connectivity index (χ4n) is 2.77. The predicted octanol–water partition coefficient (Wildman–Crippen LogP) is 1.45. The molecule has 0 bridgehead atoms. The van der Waals surface area contributed by atoms with E-state index in [1.807, 2.05) is 12.1 Å². The summed E-state index contributed by atoms with van der Waals surface area (Å²) in [5.41, 5.74) is 3.41. The molecule has 0 aromatic heterocycles. The third-order valence-corrected chi connectivity index (χ3v) is 3.58. The summed E-state index contributed by atoms with van der Waals surface area (Å²) in [6.45, 7) is 3.32. The highest BCUT2D eigenvalue weighted by atomic mass is 16.5. The number of ether oxygens (including phenoxy) is 1. The highest BCUT2D eigenvalue weighted by Crippen LogP contribution is 2.34. The van der Waals surface area contributed by atoms with E-state index in [0.29, 0.717) is 0 Å². The maximum atomic E-state index is 9.17. The Balaban J connectivity index is 1.95. The maximum absolute atomic E-state index is 9.17. The molecule has 1 atom stereocenters. The highest BCUT2D eigenvalue weighted by Gasteiger charge is 2.34. The van der Waals surface area contributed by atoms with Crippen molar-refractivity contribution in [3.8, 4) is 0 Å². The van der Waals surface area contributed by atoms with Gasteiger partial charge in [-0.15, -0.1) is 0 Å². The van der Waals surface area contributed by atoms with Gasteiger partial charge in [-0.25, -0.2) is 0 Å². The molecule has 90 valence electrons. The van der Waals surface area contributed by atoms with Crippen molar-refractivity contribution in [3.05, 3.63) is 35.4 Å². The number of morpholine rings is 1. The van der Waals surface area contributed by atoms with Crippen LogP contribution < -0.4 is 0 Å². The van der Waals surface area contributed by atoms with E-state index in [2.05, 4.69) is 22.2 Å². The summed E-state index contributed by atoms with van der Waals surface area (Å²) in [5.74, 6) is 0. The van der Waals surface area contributed by atoms with Crippen molar-refractivity contribution >= 4 is 5.71 Å². The van der Waals surface area contributed by atoms with E-state index in [1.54, 1.807) is 0 Å². The number of nitrogens with zero attached hydrogens (tertiary/aromatic N) is 2. The zero-order chi connectivity index (χ0) is 11.7. The van der Waals surface area contributed by atoms with Gasteiger partial charge < -0.3 is 9.94 Å². The van der Waals surface area contributed by atoms with Crippen LogP contribution in [0.1, 0.15) is 17.2 Å². The fraction of sp³-hybridized carbons (Fsp3) is 0.462. The topological polar surface area (TPSA) is 45.1 Å².